The third-order valence-corrected chi connectivity index (χ3v) is 10.1. The molecule has 0 saturated heterocycles. The van der Waals surface area contributed by atoms with Crippen molar-refractivity contribution in [2.45, 2.75) is 71.6 Å². The largest absolute Gasteiger partial charge is 0.397 e. The van der Waals surface area contributed by atoms with Gasteiger partial charge in [0.05, 0.1) is 24.6 Å². The summed E-state index contributed by atoms with van der Waals surface area (Å²) in [5, 5.41) is 1.50. The number of nitrogens with zero attached hydrogens (tertiary/aromatic N) is 1. The van der Waals surface area contributed by atoms with Gasteiger partial charge < -0.3 is 10.7 Å². The minimum absolute atomic E-state index is 0.0753. The van der Waals surface area contributed by atoms with Crippen LogP contribution in [-0.4, -0.2) is 24.0 Å². The highest BCUT2D eigenvalue weighted by Gasteiger charge is 2.58. The Morgan fingerprint density at radius 2 is 1.88 bits per heavy atom. The minimum Gasteiger partial charge on any atom is -0.397 e. The second-order valence-electron chi connectivity index (χ2n) is 11.6. The van der Waals surface area contributed by atoms with Crippen LogP contribution < -0.4 is 11.6 Å². The quantitative estimate of drug-likeness (QED) is 0.300. The Bertz CT molecular complexity index is 807. The van der Waals surface area contributed by atoms with E-state index in [4.69, 9.17) is 11.6 Å². The molecule has 4 fully saturated rings. The van der Waals surface area contributed by atoms with Crippen molar-refractivity contribution >= 4 is 5.78 Å². The van der Waals surface area contributed by atoms with Crippen LogP contribution in [0.1, 0.15) is 71.6 Å². The van der Waals surface area contributed by atoms with E-state index in [-0.39, 0.29) is 30.3 Å². The molecule has 0 bridgehead atoms. The van der Waals surface area contributed by atoms with Gasteiger partial charge >= 0.3 is 0 Å². The minimum atomic E-state index is -0.136. The van der Waals surface area contributed by atoms with Crippen molar-refractivity contribution in [3.63, 3.8) is 0 Å². The number of carbonyl (C=O) groups excluding carboxylic acids is 1. The van der Waals surface area contributed by atoms with Gasteiger partial charge in [0.25, 0.3) is 0 Å². The van der Waals surface area contributed by atoms with E-state index < -0.39 is 0 Å². The van der Waals surface area contributed by atoms with E-state index in [1.54, 1.807) is 6.08 Å². The number of ketones is 1. The maximum atomic E-state index is 13.5. The first-order chi connectivity index (χ1) is 15.8. The molecule has 4 nitrogen and oxygen atoms in total. The van der Waals surface area contributed by atoms with E-state index in [1.165, 1.54) is 30.7 Å². The summed E-state index contributed by atoms with van der Waals surface area (Å²) in [4.78, 5) is 13.5. The first kappa shape index (κ1) is 24.5. The smallest absolute Gasteiger partial charge is 0.157 e. The maximum Gasteiger partial charge on any atom is 0.157 e. The summed E-state index contributed by atoms with van der Waals surface area (Å²) in [5.41, 5.74) is 7.28. The number of hydrogen-bond donors (Lipinski definition) is 2. The Labute approximate surface area is 199 Å². The summed E-state index contributed by atoms with van der Waals surface area (Å²) >= 11 is 0. The fourth-order valence-corrected chi connectivity index (χ4v) is 8.60. The van der Waals surface area contributed by atoms with Crippen LogP contribution in [-0.2, 0) is 4.79 Å². The van der Waals surface area contributed by atoms with Crippen molar-refractivity contribution < 1.29 is 9.18 Å². The lowest BCUT2D eigenvalue weighted by Gasteiger charge is -2.56. The van der Waals surface area contributed by atoms with Gasteiger partial charge in [-0.15, -0.1) is 0 Å². The maximum absolute atomic E-state index is 13.5. The molecule has 0 radical (unpaired) electrons. The zero-order valence-electron chi connectivity index (χ0n) is 20.6. The molecular formula is C28H44FN3O. The van der Waals surface area contributed by atoms with Crippen LogP contribution >= 0.6 is 0 Å². The fourth-order valence-electron chi connectivity index (χ4n) is 8.60. The number of carbonyl (C=O) groups is 1. The van der Waals surface area contributed by atoms with E-state index in [0.717, 1.165) is 55.8 Å². The van der Waals surface area contributed by atoms with Crippen LogP contribution in [0.2, 0.25) is 0 Å². The van der Waals surface area contributed by atoms with Crippen LogP contribution in [0.15, 0.2) is 36.2 Å². The van der Waals surface area contributed by atoms with Gasteiger partial charge in [-0.1, -0.05) is 19.6 Å². The molecule has 2 unspecified atom stereocenters. The number of allylic oxidation sites excluding steroid dienone is 3. The second-order valence-corrected chi connectivity index (χ2v) is 11.6. The lowest BCUT2D eigenvalue weighted by atomic mass is 9.49. The highest BCUT2D eigenvalue weighted by molar-refractivity contribution is 5.84. The lowest BCUT2D eigenvalue weighted by Crippen LogP contribution is -2.50. The van der Waals surface area contributed by atoms with Crippen molar-refractivity contribution in [2.24, 2.45) is 58.4 Å². The summed E-state index contributed by atoms with van der Waals surface area (Å²) in [5.74, 6) is 10.6. The number of Topliss-reactive ketones (excluding diaryl/α,β-unsaturated/α-hetero) is 1. The number of hydrazine groups is 1. The molecule has 4 N–H and O–H groups in total. The van der Waals surface area contributed by atoms with Gasteiger partial charge in [0.2, 0.25) is 0 Å². The topological polar surface area (TPSA) is 72.3 Å². The highest BCUT2D eigenvalue weighted by Crippen LogP contribution is 2.64. The van der Waals surface area contributed by atoms with Crippen LogP contribution in [0, 0.1) is 46.8 Å². The number of rotatable bonds is 7. The SMILES string of the molecule is C=C/C(N)=C(\C=C/C)N(N)CC(=O)[C@H]1CCC2[C@@H]3CC[C@@H]4C[C@@H](CF)CC[C@@H]4C3CC[C@@]21C. The Hall–Kier alpha value is -1.62. The number of alkyl halides is 1. The summed E-state index contributed by atoms with van der Waals surface area (Å²) in [6.45, 7) is 8.09. The highest BCUT2D eigenvalue weighted by atomic mass is 19.1. The van der Waals surface area contributed by atoms with Crippen molar-refractivity contribution in [3.8, 4) is 0 Å². The monoisotopic (exact) mass is 457 g/mol. The van der Waals surface area contributed by atoms with Crippen LogP contribution in [0.3, 0.4) is 0 Å². The fraction of sp³-hybridized carbons (Fsp3) is 0.750. The number of hydrogen-bond acceptors (Lipinski definition) is 4. The molecule has 4 aliphatic carbocycles. The predicted molar refractivity (Wildman–Crippen MR) is 132 cm³/mol. The standard InChI is InChI=1S/C28H44FN3O/c1-4-6-26(25(30)5-2)32(31)17-27(33)24-12-11-23-22-10-8-19-15-18(16-29)7-9-20(19)21(22)13-14-28(23,24)3/h4-6,18-24H,2,7-17,30-31H2,1,3H3/b6-4-,26-25-/t18-,19+,20-,21?,22+,23?,24+,28-/m0/s1. The molecule has 0 amide bonds. The van der Waals surface area contributed by atoms with E-state index in [0.29, 0.717) is 23.2 Å². The van der Waals surface area contributed by atoms with E-state index in [9.17, 15) is 9.18 Å². The van der Waals surface area contributed by atoms with E-state index in [2.05, 4.69) is 13.5 Å². The molecule has 0 spiro atoms. The van der Waals surface area contributed by atoms with Crippen LogP contribution in [0.4, 0.5) is 4.39 Å². The molecule has 0 heterocycles. The van der Waals surface area contributed by atoms with Crippen molar-refractivity contribution in [1.82, 2.24) is 5.01 Å². The van der Waals surface area contributed by atoms with Crippen molar-refractivity contribution in [3.05, 3.63) is 36.2 Å². The van der Waals surface area contributed by atoms with Gasteiger partial charge in [0.1, 0.15) is 0 Å². The zero-order chi connectivity index (χ0) is 23.8. The second kappa shape index (κ2) is 9.93. The summed E-state index contributed by atoms with van der Waals surface area (Å²) in [7, 11) is 0. The summed E-state index contributed by atoms with van der Waals surface area (Å²) in [6, 6.07) is 0. The summed E-state index contributed by atoms with van der Waals surface area (Å²) in [6.07, 6.45) is 15.8. The normalized spacial score (nSPS) is 41.0. The molecule has 4 aliphatic rings. The molecule has 0 aromatic carbocycles. The summed E-state index contributed by atoms with van der Waals surface area (Å²) < 4.78 is 13.3. The molecular weight excluding hydrogens is 413 g/mol. The molecule has 0 aliphatic heterocycles. The van der Waals surface area contributed by atoms with Crippen LogP contribution in [0.5, 0.6) is 0 Å². The Balaban J connectivity index is 1.45. The van der Waals surface area contributed by atoms with Crippen molar-refractivity contribution in [2.75, 3.05) is 13.2 Å². The van der Waals surface area contributed by atoms with Gasteiger partial charge in [-0.2, -0.15) is 0 Å². The molecule has 0 aromatic rings. The van der Waals surface area contributed by atoms with E-state index in [1.807, 2.05) is 19.1 Å². The third kappa shape index (κ3) is 4.42. The Kier molecular flexibility index (Phi) is 7.38. The molecule has 5 heteroatoms. The first-order valence-corrected chi connectivity index (χ1v) is 13.2. The average Bonchev–Trinajstić information content (AvgIpc) is 3.18. The number of nitrogens with two attached hydrogens (primary N) is 2. The predicted octanol–water partition coefficient (Wildman–Crippen LogP) is 5.52. The van der Waals surface area contributed by atoms with Gasteiger partial charge in [-0.25, -0.2) is 5.84 Å². The molecule has 8 atom stereocenters. The average molecular weight is 458 g/mol. The van der Waals surface area contributed by atoms with Gasteiger partial charge in [0.15, 0.2) is 5.78 Å². The number of halogens is 1. The molecule has 4 saturated carbocycles. The number of fused-ring (bicyclic) bond motifs is 5. The Morgan fingerprint density at radius 1 is 1.12 bits per heavy atom. The van der Waals surface area contributed by atoms with Crippen LogP contribution in [0.25, 0.3) is 0 Å². The first-order valence-electron chi connectivity index (χ1n) is 13.2. The molecule has 0 aromatic heterocycles. The molecule has 184 valence electrons. The van der Waals surface area contributed by atoms with Crippen molar-refractivity contribution in [1.29, 1.82) is 0 Å². The zero-order valence-corrected chi connectivity index (χ0v) is 20.6. The van der Waals surface area contributed by atoms with E-state index >= 15 is 0 Å². The molecule has 33 heavy (non-hydrogen) atoms. The van der Waals surface area contributed by atoms with Gasteiger partial charge in [-0.3, -0.25) is 9.18 Å². The lowest BCUT2D eigenvalue weighted by molar-refractivity contribution is -0.131. The van der Waals surface area contributed by atoms with Gasteiger partial charge in [-0.05, 0) is 118 Å². The van der Waals surface area contributed by atoms with Gasteiger partial charge in [0, 0.05) is 5.92 Å². The third-order valence-electron chi connectivity index (χ3n) is 10.1. The Morgan fingerprint density at radius 3 is 2.58 bits per heavy atom. The molecule has 4 rings (SSSR count).